The molecule has 0 spiro atoms. The van der Waals surface area contributed by atoms with Crippen molar-refractivity contribution in [2.75, 3.05) is 11.9 Å². The second-order valence-electron chi connectivity index (χ2n) is 5.96. The molecule has 0 radical (unpaired) electrons. The molecule has 4 heteroatoms. The molecule has 1 heterocycles. The van der Waals surface area contributed by atoms with Crippen LogP contribution in [-0.2, 0) is 4.79 Å². The van der Waals surface area contributed by atoms with Gasteiger partial charge in [0.15, 0.2) is 0 Å². The number of aryl methyl sites for hydroxylation is 1. The molecule has 0 saturated carbocycles. The SMILES string of the molecule is Cc1cc(O)ccc1C#Cc1ccc(NC(=O)[C@H]2CCCN2)cc1. The first-order valence-corrected chi connectivity index (χ1v) is 8.08. The van der Waals surface area contributed by atoms with E-state index in [9.17, 15) is 9.90 Å². The maximum Gasteiger partial charge on any atom is 0.241 e. The van der Waals surface area contributed by atoms with Gasteiger partial charge in [-0.2, -0.15) is 0 Å². The highest BCUT2D eigenvalue weighted by Crippen LogP contribution is 2.15. The van der Waals surface area contributed by atoms with Gasteiger partial charge in [0, 0.05) is 16.8 Å². The number of carbonyl (C=O) groups is 1. The topological polar surface area (TPSA) is 61.4 Å². The molecule has 3 rings (SSSR count). The number of hydrogen-bond acceptors (Lipinski definition) is 3. The van der Waals surface area contributed by atoms with Gasteiger partial charge in [-0.15, -0.1) is 0 Å². The normalized spacial score (nSPS) is 16.3. The molecule has 1 aliphatic rings. The van der Waals surface area contributed by atoms with Gasteiger partial charge in [0.25, 0.3) is 0 Å². The van der Waals surface area contributed by atoms with Crippen LogP contribution in [0, 0.1) is 18.8 Å². The Bertz CT molecular complexity index is 795. The van der Waals surface area contributed by atoms with Crippen LogP contribution in [0.25, 0.3) is 0 Å². The Labute approximate surface area is 141 Å². The van der Waals surface area contributed by atoms with Crippen molar-refractivity contribution in [3.63, 3.8) is 0 Å². The van der Waals surface area contributed by atoms with E-state index in [2.05, 4.69) is 22.5 Å². The molecule has 3 N–H and O–H groups in total. The highest BCUT2D eigenvalue weighted by molar-refractivity contribution is 5.95. The number of phenolic OH excluding ortho intramolecular Hbond substituents is 1. The van der Waals surface area contributed by atoms with E-state index in [4.69, 9.17) is 0 Å². The van der Waals surface area contributed by atoms with Crippen LogP contribution in [0.3, 0.4) is 0 Å². The third-order valence-corrected chi connectivity index (χ3v) is 4.08. The maximum absolute atomic E-state index is 12.1. The van der Waals surface area contributed by atoms with Crippen LogP contribution < -0.4 is 10.6 Å². The first-order chi connectivity index (χ1) is 11.6. The van der Waals surface area contributed by atoms with Gasteiger partial charge in [-0.1, -0.05) is 11.8 Å². The summed E-state index contributed by atoms with van der Waals surface area (Å²) < 4.78 is 0. The van der Waals surface area contributed by atoms with Crippen LogP contribution in [0.1, 0.15) is 29.5 Å². The molecule has 1 amide bonds. The Kier molecular flexibility index (Phi) is 4.83. The molecule has 2 aromatic carbocycles. The van der Waals surface area contributed by atoms with Crippen molar-refractivity contribution in [3.8, 4) is 17.6 Å². The summed E-state index contributed by atoms with van der Waals surface area (Å²) in [5, 5.41) is 15.5. The first-order valence-electron chi connectivity index (χ1n) is 8.08. The van der Waals surface area contributed by atoms with Crippen molar-refractivity contribution >= 4 is 11.6 Å². The zero-order chi connectivity index (χ0) is 16.9. The van der Waals surface area contributed by atoms with Crippen LogP contribution >= 0.6 is 0 Å². The summed E-state index contributed by atoms with van der Waals surface area (Å²) in [5.74, 6) is 6.47. The maximum atomic E-state index is 12.1. The molecule has 24 heavy (non-hydrogen) atoms. The summed E-state index contributed by atoms with van der Waals surface area (Å²) in [5.41, 5.74) is 3.48. The zero-order valence-corrected chi connectivity index (χ0v) is 13.6. The van der Waals surface area contributed by atoms with Gasteiger partial charge in [0.1, 0.15) is 5.75 Å². The fraction of sp³-hybridized carbons (Fsp3) is 0.250. The van der Waals surface area contributed by atoms with Gasteiger partial charge in [0.05, 0.1) is 6.04 Å². The summed E-state index contributed by atoms with van der Waals surface area (Å²) in [6.07, 6.45) is 1.94. The molecule has 1 atom stereocenters. The van der Waals surface area contributed by atoms with E-state index in [1.807, 2.05) is 31.2 Å². The van der Waals surface area contributed by atoms with Crippen LogP contribution in [0.15, 0.2) is 42.5 Å². The number of nitrogens with one attached hydrogen (secondary N) is 2. The predicted molar refractivity (Wildman–Crippen MR) is 94.9 cm³/mol. The molecule has 0 bridgehead atoms. The minimum absolute atomic E-state index is 0.0195. The average Bonchev–Trinajstić information content (AvgIpc) is 3.10. The zero-order valence-electron chi connectivity index (χ0n) is 13.6. The molecule has 122 valence electrons. The Morgan fingerprint density at radius 3 is 2.67 bits per heavy atom. The third-order valence-electron chi connectivity index (χ3n) is 4.08. The third kappa shape index (κ3) is 3.95. The summed E-state index contributed by atoms with van der Waals surface area (Å²) in [7, 11) is 0. The highest BCUT2D eigenvalue weighted by atomic mass is 16.3. The number of aromatic hydroxyl groups is 1. The molecule has 1 aliphatic heterocycles. The molecular weight excluding hydrogens is 300 g/mol. The van der Waals surface area contributed by atoms with E-state index in [1.165, 1.54) is 0 Å². The number of carbonyl (C=O) groups excluding carboxylic acids is 1. The second-order valence-corrected chi connectivity index (χ2v) is 5.96. The van der Waals surface area contributed by atoms with E-state index in [1.54, 1.807) is 18.2 Å². The van der Waals surface area contributed by atoms with E-state index < -0.39 is 0 Å². The largest absolute Gasteiger partial charge is 0.508 e. The quantitative estimate of drug-likeness (QED) is 0.746. The van der Waals surface area contributed by atoms with Gasteiger partial charge >= 0.3 is 0 Å². The molecule has 4 nitrogen and oxygen atoms in total. The number of anilines is 1. The van der Waals surface area contributed by atoms with Crippen molar-refractivity contribution in [2.45, 2.75) is 25.8 Å². The van der Waals surface area contributed by atoms with Crippen molar-refractivity contribution in [2.24, 2.45) is 0 Å². The molecule has 1 fully saturated rings. The molecular formula is C20H20N2O2. The van der Waals surface area contributed by atoms with Gasteiger partial charge in [-0.3, -0.25) is 4.79 Å². The lowest BCUT2D eigenvalue weighted by Gasteiger charge is -2.10. The van der Waals surface area contributed by atoms with E-state index in [0.717, 1.165) is 41.8 Å². The van der Waals surface area contributed by atoms with E-state index in [0.29, 0.717) is 0 Å². The van der Waals surface area contributed by atoms with Gasteiger partial charge in [-0.25, -0.2) is 0 Å². The molecule has 1 saturated heterocycles. The first kappa shape index (κ1) is 16.1. The molecule has 0 aromatic heterocycles. The number of hydrogen-bond donors (Lipinski definition) is 3. The highest BCUT2D eigenvalue weighted by Gasteiger charge is 2.21. The fourth-order valence-corrected chi connectivity index (χ4v) is 2.70. The minimum atomic E-state index is -0.0815. The van der Waals surface area contributed by atoms with Crippen LogP contribution in [-0.4, -0.2) is 23.6 Å². The van der Waals surface area contributed by atoms with Crippen molar-refractivity contribution in [1.29, 1.82) is 0 Å². The fourth-order valence-electron chi connectivity index (χ4n) is 2.70. The van der Waals surface area contributed by atoms with Crippen LogP contribution in [0.4, 0.5) is 5.69 Å². The van der Waals surface area contributed by atoms with Crippen molar-refractivity contribution in [1.82, 2.24) is 5.32 Å². The number of benzene rings is 2. The lowest BCUT2D eigenvalue weighted by molar-refractivity contribution is -0.117. The predicted octanol–water partition coefficient (Wildman–Crippen LogP) is 2.79. The summed E-state index contributed by atoms with van der Waals surface area (Å²) >= 11 is 0. The molecule has 0 aliphatic carbocycles. The van der Waals surface area contributed by atoms with E-state index >= 15 is 0 Å². The Morgan fingerprint density at radius 1 is 1.21 bits per heavy atom. The minimum Gasteiger partial charge on any atom is -0.508 e. The average molecular weight is 320 g/mol. The van der Waals surface area contributed by atoms with E-state index in [-0.39, 0.29) is 17.7 Å². The second kappa shape index (κ2) is 7.20. The Morgan fingerprint density at radius 2 is 2.00 bits per heavy atom. The van der Waals surface area contributed by atoms with Crippen molar-refractivity contribution in [3.05, 3.63) is 59.2 Å². The molecule has 0 unspecified atom stereocenters. The lowest BCUT2D eigenvalue weighted by atomic mass is 10.1. The number of amides is 1. The Balaban J connectivity index is 1.66. The van der Waals surface area contributed by atoms with Gasteiger partial charge in [-0.05, 0) is 74.3 Å². The summed E-state index contributed by atoms with van der Waals surface area (Å²) in [6.45, 7) is 2.82. The van der Waals surface area contributed by atoms with Gasteiger partial charge < -0.3 is 15.7 Å². The van der Waals surface area contributed by atoms with Crippen LogP contribution in [0.5, 0.6) is 5.75 Å². The van der Waals surface area contributed by atoms with Gasteiger partial charge in [0.2, 0.25) is 5.91 Å². The molecule has 2 aromatic rings. The smallest absolute Gasteiger partial charge is 0.241 e. The summed E-state index contributed by atoms with van der Waals surface area (Å²) in [4.78, 5) is 12.1. The van der Waals surface area contributed by atoms with Crippen LogP contribution in [0.2, 0.25) is 0 Å². The number of rotatable bonds is 2. The number of phenols is 1. The van der Waals surface area contributed by atoms with Crippen molar-refractivity contribution < 1.29 is 9.90 Å². The lowest BCUT2D eigenvalue weighted by Crippen LogP contribution is -2.35. The Hall–Kier alpha value is -2.77. The standard InChI is InChI=1S/C20H20N2O2/c1-14-13-18(23)11-8-16(14)7-4-15-5-9-17(10-6-15)22-20(24)19-3-2-12-21-19/h5-6,8-11,13,19,21,23H,2-3,12H2,1H3,(H,22,24)/t19-/m1/s1. The monoisotopic (exact) mass is 320 g/mol. The summed E-state index contributed by atoms with van der Waals surface area (Å²) in [6, 6.07) is 12.6.